The Morgan fingerprint density at radius 3 is 2.71 bits per heavy atom. The summed E-state index contributed by atoms with van der Waals surface area (Å²) in [5.41, 5.74) is 1.75. The van der Waals surface area contributed by atoms with Crippen molar-refractivity contribution in [3.05, 3.63) is 54.1 Å². The first-order valence-electron chi connectivity index (χ1n) is 11.3. The van der Waals surface area contributed by atoms with Gasteiger partial charge in [0.25, 0.3) is 0 Å². The summed E-state index contributed by atoms with van der Waals surface area (Å²) in [7, 11) is 1.79. The smallest absolute Gasteiger partial charge is 0.191 e. The van der Waals surface area contributed by atoms with Crippen LogP contribution in [0.3, 0.4) is 0 Å². The van der Waals surface area contributed by atoms with E-state index in [1.807, 2.05) is 6.20 Å². The lowest BCUT2D eigenvalue weighted by molar-refractivity contribution is 0.0732. The van der Waals surface area contributed by atoms with Gasteiger partial charge in [0.2, 0.25) is 0 Å². The van der Waals surface area contributed by atoms with Crippen LogP contribution in [0.25, 0.3) is 0 Å². The molecule has 0 amide bonds. The molecule has 0 unspecified atom stereocenters. The van der Waals surface area contributed by atoms with Gasteiger partial charge in [-0.3, -0.25) is 0 Å². The van der Waals surface area contributed by atoms with E-state index in [1.54, 1.807) is 7.11 Å². The molecule has 7 heteroatoms. The molecular formula is C24H38IN5O. The van der Waals surface area contributed by atoms with Gasteiger partial charge < -0.3 is 19.9 Å². The number of imidazole rings is 1. The number of hydrogen-bond donors (Lipinski definition) is 2. The molecule has 0 bridgehead atoms. The van der Waals surface area contributed by atoms with Gasteiger partial charge in [0.05, 0.1) is 0 Å². The van der Waals surface area contributed by atoms with E-state index in [0.717, 1.165) is 57.3 Å². The van der Waals surface area contributed by atoms with E-state index >= 15 is 0 Å². The third kappa shape index (κ3) is 8.11. The van der Waals surface area contributed by atoms with Crippen LogP contribution in [-0.2, 0) is 24.2 Å². The number of nitrogens with one attached hydrogen (secondary N) is 2. The van der Waals surface area contributed by atoms with Crippen LogP contribution in [-0.4, -0.2) is 42.3 Å². The summed E-state index contributed by atoms with van der Waals surface area (Å²) in [5, 5.41) is 6.94. The standard InChI is InChI=1S/C24H37N5O.HI/c1-3-25-23(28-20-24(12-8-13-24)14-18-30-2)27-19-22-26-15-17-29(22)16-7-11-21-9-5-4-6-10-21;/h4-6,9-10,15,17H,3,7-8,11-14,16,18-20H2,1-2H3,(H2,25,27,28);1H. The zero-order chi connectivity index (χ0) is 21.1. The van der Waals surface area contributed by atoms with Crippen LogP contribution in [0.1, 0.15) is 50.4 Å². The predicted octanol–water partition coefficient (Wildman–Crippen LogP) is 4.40. The minimum atomic E-state index is 0. The van der Waals surface area contributed by atoms with E-state index in [1.165, 1.54) is 24.8 Å². The van der Waals surface area contributed by atoms with Crippen molar-refractivity contribution >= 4 is 29.9 Å². The first-order chi connectivity index (χ1) is 14.7. The maximum atomic E-state index is 5.31. The Morgan fingerprint density at radius 2 is 2.03 bits per heavy atom. The topological polar surface area (TPSA) is 63.5 Å². The van der Waals surface area contributed by atoms with Gasteiger partial charge in [-0.2, -0.15) is 0 Å². The monoisotopic (exact) mass is 539 g/mol. The normalized spacial score (nSPS) is 15.1. The molecule has 1 aliphatic rings. The zero-order valence-electron chi connectivity index (χ0n) is 19.0. The average Bonchev–Trinajstić information content (AvgIpc) is 3.19. The minimum absolute atomic E-state index is 0. The molecule has 1 fully saturated rings. The molecular weight excluding hydrogens is 501 g/mol. The van der Waals surface area contributed by atoms with Crippen molar-refractivity contribution in [2.75, 3.05) is 26.8 Å². The van der Waals surface area contributed by atoms with Crippen molar-refractivity contribution in [2.45, 2.75) is 58.5 Å². The summed E-state index contributed by atoms with van der Waals surface area (Å²) in [6, 6.07) is 10.6. The summed E-state index contributed by atoms with van der Waals surface area (Å²) in [4.78, 5) is 9.34. The van der Waals surface area contributed by atoms with Gasteiger partial charge in [0, 0.05) is 45.7 Å². The number of benzene rings is 1. The van der Waals surface area contributed by atoms with Crippen molar-refractivity contribution in [3.8, 4) is 0 Å². The molecule has 0 saturated heterocycles. The van der Waals surface area contributed by atoms with Crippen LogP contribution < -0.4 is 10.6 Å². The first kappa shape index (κ1) is 25.6. The summed E-state index contributed by atoms with van der Waals surface area (Å²) in [6.07, 6.45) is 11.1. The maximum absolute atomic E-state index is 5.31. The molecule has 1 heterocycles. The summed E-state index contributed by atoms with van der Waals surface area (Å²) in [6.45, 7) is 6.28. The lowest BCUT2D eigenvalue weighted by Crippen LogP contribution is -2.47. The van der Waals surface area contributed by atoms with Crippen LogP contribution in [0.2, 0.25) is 0 Å². The van der Waals surface area contributed by atoms with Crippen LogP contribution in [0.5, 0.6) is 0 Å². The molecule has 6 nitrogen and oxygen atoms in total. The molecule has 0 atom stereocenters. The van der Waals surface area contributed by atoms with E-state index in [-0.39, 0.29) is 24.0 Å². The summed E-state index contributed by atoms with van der Waals surface area (Å²) < 4.78 is 7.54. The Hall–Kier alpha value is -1.61. The van der Waals surface area contributed by atoms with Crippen molar-refractivity contribution in [1.29, 1.82) is 0 Å². The number of methoxy groups -OCH3 is 1. The second-order valence-electron chi connectivity index (χ2n) is 8.27. The molecule has 1 saturated carbocycles. The fourth-order valence-electron chi connectivity index (χ4n) is 4.07. The minimum Gasteiger partial charge on any atom is -0.385 e. The van der Waals surface area contributed by atoms with Gasteiger partial charge >= 0.3 is 0 Å². The number of aryl methyl sites for hydroxylation is 2. The SMILES string of the molecule is CCNC(=NCc1nccn1CCCc1ccccc1)NCC1(CCOC)CCC1.I. The van der Waals surface area contributed by atoms with E-state index in [0.29, 0.717) is 12.0 Å². The zero-order valence-corrected chi connectivity index (χ0v) is 21.3. The van der Waals surface area contributed by atoms with Crippen molar-refractivity contribution < 1.29 is 4.74 Å². The Bertz CT molecular complexity index is 773. The van der Waals surface area contributed by atoms with E-state index < -0.39 is 0 Å². The number of guanidine groups is 1. The van der Waals surface area contributed by atoms with Gasteiger partial charge in [0.15, 0.2) is 5.96 Å². The second kappa shape index (κ2) is 13.7. The molecule has 2 aromatic rings. The molecule has 1 aromatic heterocycles. The molecule has 31 heavy (non-hydrogen) atoms. The lowest BCUT2D eigenvalue weighted by atomic mass is 9.67. The van der Waals surface area contributed by atoms with Crippen molar-refractivity contribution in [1.82, 2.24) is 20.2 Å². The third-order valence-corrected chi connectivity index (χ3v) is 6.11. The molecule has 2 N–H and O–H groups in total. The Kier molecular flexibility index (Phi) is 11.4. The number of aliphatic imine (C=N–C) groups is 1. The Labute approximate surface area is 204 Å². The second-order valence-corrected chi connectivity index (χ2v) is 8.27. The quantitative estimate of drug-likeness (QED) is 0.239. The Balaban J connectivity index is 0.00000341. The summed E-state index contributed by atoms with van der Waals surface area (Å²) >= 11 is 0. The van der Waals surface area contributed by atoms with Crippen LogP contribution in [0.15, 0.2) is 47.7 Å². The van der Waals surface area contributed by atoms with Gasteiger partial charge in [-0.15, -0.1) is 24.0 Å². The third-order valence-electron chi connectivity index (χ3n) is 6.11. The number of rotatable bonds is 12. The Morgan fingerprint density at radius 1 is 1.23 bits per heavy atom. The molecule has 0 aliphatic heterocycles. The number of nitrogens with zero attached hydrogens (tertiary/aromatic N) is 3. The highest BCUT2D eigenvalue weighted by atomic mass is 127. The predicted molar refractivity (Wildman–Crippen MR) is 138 cm³/mol. The molecule has 0 radical (unpaired) electrons. The highest BCUT2D eigenvalue weighted by Crippen LogP contribution is 2.43. The van der Waals surface area contributed by atoms with Gasteiger partial charge in [0.1, 0.15) is 12.4 Å². The highest BCUT2D eigenvalue weighted by Gasteiger charge is 2.36. The first-order valence-corrected chi connectivity index (χ1v) is 11.3. The molecule has 0 spiro atoms. The van der Waals surface area contributed by atoms with Crippen LogP contribution >= 0.6 is 24.0 Å². The largest absolute Gasteiger partial charge is 0.385 e. The number of ether oxygens (including phenoxy) is 1. The summed E-state index contributed by atoms with van der Waals surface area (Å²) in [5.74, 6) is 1.89. The maximum Gasteiger partial charge on any atom is 0.191 e. The number of hydrogen-bond acceptors (Lipinski definition) is 3. The van der Waals surface area contributed by atoms with E-state index in [2.05, 4.69) is 63.6 Å². The van der Waals surface area contributed by atoms with Gasteiger partial charge in [-0.25, -0.2) is 9.98 Å². The van der Waals surface area contributed by atoms with E-state index in [9.17, 15) is 0 Å². The van der Waals surface area contributed by atoms with E-state index in [4.69, 9.17) is 9.73 Å². The van der Waals surface area contributed by atoms with Crippen LogP contribution in [0, 0.1) is 5.41 Å². The molecule has 1 aromatic carbocycles. The lowest BCUT2D eigenvalue weighted by Gasteiger charge is -2.42. The fourth-order valence-corrected chi connectivity index (χ4v) is 4.07. The number of halogens is 1. The highest BCUT2D eigenvalue weighted by molar-refractivity contribution is 14.0. The van der Waals surface area contributed by atoms with Crippen LogP contribution in [0.4, 0.5) is 0 Å². The molecule has 1 aliphatic carbocycles. The number of aromatic nitrogens is 2. The van der Waals surface area contributed by atoms with Gasteiger partial charge in [-0.1, -0.05) is 36.8 Å². The van der Waals surface area contributed by atoms with Crippen molar-refractivity contribution in [2.24, 2.45) is 10.4 Å². The molecule has 172 valence electrons. The molecule has 3 rings (SSSR count). The van der Waals surface area contributed by atoms with Crippen molar-refractivity contribution in [3.63, 3.8) is 0 Å². The van der Waals surface area contributed by atoms with Gasteiger partial charge in [-0.05, 0) is 50.0 Å². The fraction of sp³-hybridized carbons (Fsp3) is 0.583. The average molecular weight is 540 g/mol.